The number of aromatic nitrogens is 4. The van der Waals surface area contributed by atoms with Crippen LogP contribution in [0.15, 0.2) is 54.9 Å². The topological polar surface area (TPSA) is 83.9 Å². The van der Waals surface area contributed by atoms with Crippen molar-refractivity contribution in [2.24, 2.45) is 0 Å². The summed E-state index contributed by atoms with van der Waals surface area (Å²) in [5.74, 6) is 1.27. The predicted octanol–water partition coefficient (Wildman–Crippen LogP) is 4.05. The largest absolute Gasteiger partial charge is 0.338 e. The average molecular weight is 415 g/mol. The zero-order chi connectivity index (χ0) is 21.6. The highest BCUT2D eigenvalue weighted by atomic mass is 16.2. The van der Waals surface area contributed by atoms with E-state index in [-0.39, 0.29) is 11.8 Å². The molecule has 0 saturated carbocycles. The van der Waals surface area contributed by atoms with Gasteiger partial charge >= 0.3 is 0 Å². The van der Waals surface area contributed by atoms with E-state index in [0.717, 1.165) is 42.0 Å². The first kappa shape index (κ1) is 20.7. The van der Waals surface area contributed by atoms with Gasteiger partial charge in [0.2, 0.25) is 11.9 Å². The minimum atomic E-state index is 0.0181. The molecule has 7 nitrogen and oxygen atoms in total. The number of hydrogen-bond donors (Lipinski definition) is 1. The van der Waals surface area contributed by atoms with Gasteiger partial charge in [-0.15, -0.1) is 0 Å². The highest BCUT2D eigenvalue weighted by Gasteiger charge is 2.27. The van der Waals surface area contributed by atoms with Crippen LogP contribution in [0.5, 0.6) is 0 Å². The first-order valence-electron chi connectivity index (χ1n) is 10.5. The van der Waals surface area contributed by atoms with E-state index >= 15 is 0 Å². The fraction of sp³-hybridized carbons (Fsp3) is 0.292. The molecule has 3 heterocycles. The highest BCUT2D eigenvalue weighted by molar-refractivity contribution is 5.91. The lowest BCUT2D eigenvalue weighted by Crippen LogP contribution is -2.38. The lowest BCUT2D eigenvalue weighted by atomic mass is 9.94. The quantitative estimate of drug-likeness (QED) is 0.634. The number of carbonyl (C=O) groups excluding carboxylic acids is 1. The van der Waals surface area contributed by atoms with Gasteiger partial charge in [-0.2, -0.15) is 0 Å². The maximum atomic E-state index is 12.8. The summed E-state index contributed by atoms with van der Waals surface area (Å²) < 4.78 is 0. The van der Waals surface area contributed by atoms with Crippen LogP contribution in [0.2, 0.25) is 0 Å². The summed E-state index contributed by atoms with van der Waals surface area (Å²) in [5, 5.41) is 3.23. The zero-order valence-corrected chi connectivity index (χ0v) is 17.8. The third kappa shape index (κ3) is 5.31. The molecule has 0 spiro atoms. The summed E-state index contributed by atoms with van der Waals surface area (Å²) in [6.07, 6.45) is 8.73. The van der Waals surface area contributed by atoms with Crippen molar-refractivity contribution in [2.75, 3.05) is 18.4 Å². The van der Waals surface area contributed by atoms with Crippen molar-refractivity contribution in [3.63, 3.8) is 0 Å². The van der Waals surface area contributed by atoms with Gasteiger partial charge < -0.3 is 10.2 Å². The minimum absolute atomic E-state index is 0.0181. The van der Waals surface area contributed by atoms with Crippen LogP contribution in [0.3, 0.4) is 0 Å². The molecule has 31 heavy (non-hydrogen) atoms. The summed E-state index contributed by atoms with van der Waals surface area (Å²) in [6, 6.07) is 11.8. The standard InChI is InChI=1S/C24H26N6O/c1-17-15-18(2)28-24(27-17)29-23-22(25-12-13-26-23)20-9-6-14-30(16-20)21(31)11-10-19-7-4-3-5-8-19/h3-5,7-8,10-13,15,20H,6,9,14,16H2,1-2H3,(H,26,27,28,29)/b11-10+. The van der Waals surface area contributed by atoms with Crippen molar-refractivity contribution >= 4 is 23.7 Å². The number of anilines is 2. The minimum Gasteiger partial charge on any atom is -0.338 e. The molecule has 1 aliphatic rings. The van der Waals surface area contributed by atoms with E-state index in [0.29, 0.717) is 18.3 Å². The van der Waals surface area contributed by atoms with E-state index in [1.165, 1.54) is 0 Å². The molecule has 1 atom stereocenters. The second-order valence-corrected chi connectivity index (χ2v) is 7.76. The van der Waals surface area contributed by atoms with Gasteiger partial charge in [0.05, 0.1) is 5.69 Å². The molecule has 4 rings (SSSR count). The molecule has 1 unspecified atom stereocenters. The molecule has 0 bridgehead atoms. The van der Waals surface area contributed by atoms with Gasteiger partial charge in [-0.1, -0.05) is 30.3 Å². The summed E-state index contributed by atoms with van der Waals surface area (Å²) >= 11 is 0. The average Bonchev–Trinajstić information content (AvgIpc) is 2.78. The number of benzene rings is 1. The van der Waals surface area contributed by atoms with Crippen LogP contribution in [0.1, 0.15) is 41.4 Å². The summed E-state index contributed by atoms with van der Waals surface area (Å²) in [5.41, 5.74) is 3.63. The van der Waals surface area contributed by atoms with Crippen LogP contribution in [0.4, 0.5) is 11.8 Å². The fourth-order valence-corrected chi connectivity index (χ4v) is 3.87. The van der Waals surface area contributed by atoms with Gasteiger partial charge in [0.25, 0.3) is 0 Å². The Kier molecular flexibility index (Phi) is 6.31. The predicted molar refractivity (Wildman–Crippen MR) is 121 cm³/mol. The Labute approximate surface area is 182 Å². The molecule has 3 aromatic rings. The van der Waals surface area contributed by atoms with Crippen molar-refractivity contribution < 1.29 is 4.79 Å². The first-order chi connectivity index (χ1) is 15.1. The Bertz CT molecular complexity index is 1060. The molecule has 0 radical (unpaired) electrons. The van der Waals surface area contributed by atoms with Gasteiger partial charge in [-0.25, -0.2) is 15.0 Å². The molecule has 1 aliphatic heterocycles. The molecule has 1 saturated heterocycles. The zero-order valence-electron chi connectivity index (χ0n) is 17.8. The van der Waals surface area contributed by atoms with Crippen LogP contribution in [0, 0.1) is 13.8 Å². The number of likely N-dealkylation sites (tertiary alicyclic amines) is 1. The Balaban J connectivity index is 1.49. The molecule has 1 N–H and O–H groups in total. The Morgan fingerprint density at radius 3 is 2.61 bits per heavy atom. The molecule has 0 aliphatic carbocycles. The normalized spacial score (nSPS) is 16.5. The van der Waals surface area contributed by atoms with Crippen molar-refractivity contribution in [1.29, 1.82) is 0 Å². The van der Waals surface area contributed by atoms with Crippen LogP contribution in [-0.4, -0.2) is 43.8 Å². The van der Waals surface area contributed by atoms with Crippen LogP contribution in [-0.2, 0) is 4.79 Å². The third-order valence-corrected chi connectivity index (χ3v) is 5.28. The molecule has 1 amide bonds. The third-order valence-electron chi connectivity index (χ3n) is 5.28. The van der Waals surface area contributed by atoms with Gasteiger partial charge in [-0.05, 0) is 44.4 Å². The summed E-state index contributed by atoms with van der Waals surface area (Å²) in [4.78, 5) is 32.6. The van der Waals surface area contributed by atoms with Crippen molar-refractivity contribution in [3.8, 4) is 0 Å². The lowest BCUT2D eigenvalue weighted by molar-refractivity contribution is -0.127. The number of rotatable bonds is 5. The second kappa shape index (κ2) is 9.47. The van der Waals surface area contributed by atoms with E-state index < -0.39 is 0 Å². The molecular weight excluding hydrogens is 388 g/mol. The van der Waals surface area contributed by atoms with Crippen LogP contribution >= 0.6 is 0 Å². The van der Waals surface area contributed by atoms with E-state index in [1.807, 2.05) is 61.2 Å². The van der Waals surface area contributed by atoms with Crippen LogP contribution in [0.25, 0.3) is 6.08 Å². The van der Waals surface area contributed by atoms with Gasteiger partial charge in [0, 0.05) is 48.9 Å². The molecule has 1 fully saturated rings. The highest BCUT2D eigenvalue weighted by Crippen LogP contribution is 2.30. The van der Waals surface area contributed by atoms with Crippen molar-refractivity contribution in [2.45, 2.75) is 32.6 Å². The van der Waals surface area contributed by atoms with Crippen molar-refractivity contribution in [1.82, 2.24) is 24.8 Å². The summed E-state index contributed by atoms with van der Waals surface area (Å²) in [7, 11) is 0. The van der Waals surface area contributed by atoms with E-state index in [9.17, 15) is 4.79 Å². The van der Waals surface area contributed by atoms with Gasteiger partial charge in [-0.3, -0.25) is 9.78 Å². The number of nitrogens with one attached hydrogen (secondary N) is 1. The smallest absolute Gasteiger partial charge is 0.246 e. The fourth-order valence-electron chi connectivity index (χ4n) is 3.87. The molecule has 1 aromatic carbocycles. The number of nitrogens with zero attached hydrogens (tertiary/aromatic N) is 5. The number of aryl methyl sites for hydroxylation is 2. The van der Waals surface area contributed by atoms with E-state index in [1.54, 1.807) is 18.5 Å². The Morgan fingerprint density at radius 2 is 1.84 bits per heavy atom. The molecular formula is C24H26N6O. The number of amides is 1. The number of carbonyl (C=O) groups is 1. The summed E-state index contributed by atoms with van der Waals surface area (Å²) in [6.45, 7) is 5.23. The number of piperidine rings is 1. The van der Waals surface area contributed by atoms with E-state index in [4.69, 9.17) is 0 Å². The van der Waals surface area contributed by atoms with Gasteiger partial charge in [0.1, 0.15) is 0 Å². The maximum Gasteiger partial charge on any atom is 0.246 e. The lowest BCUT2D eigenvalue weighted by Gasteiger charge is -2.32. The Morgan fingerprint density at radius 1 is 1.10 bits per heavy atom. The maximum absolute atomic E-state index is 12.8. The number of hydrogen-bond acceptors (Lipinski definition) is 6. The Hall–Kier alpha value is -3.61. The first-order valence-corrected chi connectivity index (χ1v) is 10.5. The monoisotopic (exact) mass is 414 g/mol. The van der Waals surface area contributed by atoms with E-state index in [2.05, 4.69) is 25.3 Å². The SMILES string of the molecule is Cc1cc(C)nc(Nc2nccnc2C2CCCN(C(=O)/C=C/c3ccccc3)C2)n1. The molecule has 158 valence electrons. The second-order valence-electron chi connectivity index (χ2n) is 7.76. The van der Waals surface area contributed by atoms with Crippen molar-refractivity contribution in [3.05, 3.63) is 77.5 Å². The van der Waals surface area contributed by atoms with Crippen LogP contribution < -0.4 is 5.32 Å². The molecule has 2 aromatic heterocycles. The van der Waals surface area contributed by atoms with Gasteiger partial charge in [0.15, 0.2) is 5.82 Å². The molecule has 7 heteroatoms.